The highest BCUT2D eigenvalue weighted by Gasteiger charge is 2.22. The van der Waals surface area contributed by atoms with Crippen LogP contribution in [0, 0.1) is 0 Å². The van der Waals surface area contributed by atoms with Gasteiger partial charge in [0.25, 0.3) is 5.91 Å². The van der Waals surface area contributed by atoms with Crippen molar-refractivity contribution in [3.05, 3.63) is 28.0 Å². The lowest BCUT2D eigenvalue weighted by Gasteiger charge is -2.27. The molecule has 0 spiro atoms. The number of carbonyl (C=O) groups is 1. The molecule has 6 heteroatoms. The number of aromatic nitrogens is 1. The molecule has 0 aliphatic rings. The van der Waals surface area contributed by atoms with Gasteiger partial charge in [0.05, 0.1) is 23.2 Å². The molecule has 1 heterocycles. The Morgan fingerprint density at radius 1 is 1.56 bits per heavy atom. The van der Waals surface area contributed by atoms with Gasteiger partial charge in [0, 0.05) is 19.9 Å². The minimum absolute atomic E-state index is 0.0319. The van der Waals surface area contributed by atoms with E-state index in [1.54, 1.807) is 12.0 Å². The summed E-state index contributed by atoms with van der Waals surface area (Å²) < 4.78 is 5.06. The van der Waals surface area contributed by atoms with Crippen LogP contribution in [0.3, 0.4) is 0 Å². The number of ether oxygens (including phenoxy) is 1. The van der Waals surface area contributed by atoms with Crippen molar-refractivity contribution in [3.8, 4) is 0 Å². The molecule has 0 fully saturated rings. The van der Waals surface area contributed by atoms with E-state index in [-0.39, 0.29) is 17.1 Å². The van der Waals surface area contributed by atoms with Crippen LogP contribution in [0.1, 0.15) is 24.2 Å². The summed E-state index contributed by atoms with van der Waals surface area (Å²) in [5.74, 6) is -0.170. The summed E-state index contributed by atoms with van der Waals surface area (Å²) >= 11 is 11.8. The van der Waals surface area contributed by atoms with Crippen LogP contribution >= 0.6 is 23.2 Å². The maximum absolute atomic E-state index is 12.4. The van der Waals surface area contributed by atoms with Crippen LogP contribution in [0.4, 0.5) is 0 Å². The molecule has 1 rings (SSSR count). The molecular weight excluding hydrogens is 275 g/mol. The first-order valence-corrected chi connectivity index (χ1v) is 6.37. The van der Waals surface area contributed by atoms with Crippen molar-refractivity contribution in [1.29, 1.82) is 0 Å². The first-order chi connectivity index (χ1) is 8.51. The summed E-state index contributed by atoms with van der Waals surface area (Å²) in [7, 11) is 1.60. The van der Waals surface area contributed by atoms with Gasteiger partial charge in [-0.2, -0.15) is 0 Å². The normalized spacial score (nSPS) is 12.3. The fourth-order valence-corrected chi connectivity index (χ4v) is 2.06. The fraction of sp³-hybridized carbons (Fsp3) is 0.500. The SMILES string of the molecule is CCN(C(=O)c1cc(Cl)ncc1Cl)C(C)COC. The van der Waals surface area contributed by atoms with Crippen molar-refractivity contribution in [2.75, 3.05) is 20.3 Å². The first-order valence-electron chi connectivity index (χ1n) is 5.62. The number of halogens is 2. The summed E-state index contributed by atoms with van der Waals surface area (Å²) in [6.45, 7) is 4.86. The van der Waals surface area contributed by atoms with Crippen LogP contribution in [0.25, 0.3) is 0 Å². The molecule has 0 saturated carbocycles. The number of carbonyl (C=O) groups excluding carboxylic acids is 1. The Hall–Kier alpha value is -0.840. The molecule has 1 atom stereocenters. The average Bonchev–Trinajstić information content (AvgIpc) is 2.33. The number of pyridine rings is 1. The van der Waals surface area contributed by atoms with Gasteiger partial charge in [-0.3, -0.25) is 4.79 Å². The standard InChI is InChI=1S/C12H16Cl2N2O2/c1-4-16(8(2)7-18-3)12(17)9-5-11(14)15-6-10(9)13/h5-6,8H,4,7H2,1-3H3. The molecule has 0 aliphatic heterocycles. The summed E-state index contributed by atoms with van der Waals surface area (Å²) in [6.07, 6.45) is 1.38. The summed E-state index contributed by atoms with van der Waals surface area (Å²) in [5, 5.41) is 0.547. The van der Waals surface area contributed by atoms with Crippen LogP contribution in [-0.2, 0) is 4.74 Å². The van der Waals surface area contributed by atoms with E-state index >= 15 is 0 Å². The topological polar surface area (TPSA) is 42.4 Å². The molecule has 0 N–H and O–H groups in total. The molecule has 0 aliphatic carbocycles. The zero-order valence-corrected chi connectivity index (χ0v) is 12.1. The van der Waals surface area contributed by atoms with E-state index < -0.39 is 0 Å². The Labute approximate surface area is 117 Å². The van der Waals surface area contributed by atoms with Gasteiger partial charge in [-0.05, 0) is 19.9 Å². The van der Waals surface area contributed by atoms with Gasteiger partial charge in [0.2, 0.25) is 0 Å². The molecule has 4 nitrogen and oxygen atoms in total. The predicted molar refractivity (Wildman–Crippen MR) is 72.3 cm³/mol. The third-order valence-corrected chi connectivity index (χ3v) is 3.10. The molecule has 1 amide bonds. The van der Waals surface area contributed by atoms with Crippen molar-refractivity contribution < 1.29 is 9.53 Å². The van der Waals surface area contributed by atoms with Crippen LogP contribution in [-0.4, -0.2) is 42.1 Å². The van der Waals surface area contributed by atoms with Crippen LogP contribution in [0.15, 0.2) is 12.3 Å². The third-order valence-electron chi connectivity index (χ3n) is 2.59. The van der Waals surface area contributed by atoms with Crippen molar-refractivity contribution in [3.63, 3.8) is 0 Å². The van der Waals surface area contributed by atoms with E-state index in [9.17, 15) is 4.79 Å². The Morgan fingerprint density at radius 3 is 2.78 bits per heavy atom. The van der Waals surface area contributed by atoms with Crippen molar-refractivity contribution in [2.45, 2.75) is 19.9 Å². The largest absolute Gasteiger partial charge is 0.383 e. The zero-order chi connectivity index (χ0) is 13.7. The molecule has 0 aromatic carbocycles. The molecule has 0 saturated heterocycles. The number of amides is 1. The maximum atomic E-state index is 12.4. The highest BCUT2D eigenvalue weighted by atomic mass is 35.5. The van der Waals surface area contributed by atoms with E-state index in [1.807, 2.05) is 13.8 Å². The Kier molecular flexibility index (Phi) is 5.85. The number of likely N-dealkylation sites (N-methyl/N-ethyl adjacent to an activating group) is 1. The minimum Gasteiger partial charge on any atom is -0.383 e. The van der Waals surface area contributed by atoms with Crippen LogP contribution in [0.5, 0.6) is 0 Å². The summed E-state index contributed by atoms with van der Waals surface area (Å²) in [5.41, 5.74) is 0.362. The van der Waals surface area contributed by atoms with Crippen LogP contribution < -0.4 is 0 Å². The second-order valence-corrected chi connectivity index (χ2v) is 4.68. The first kappa shape index (κ1) is 15.2. The number of nitrogens with zero attached hydrogens (tertiary/aromatic N) is 2. The Bertz CT molecular complexity index is 427. The zero-order valence-electron chi connectivity index (χ0n) is 10.6. The summed E-state index contributed by atoms with van der Waals surface area (Å²) in [4.78, 5) is 17.9. The van der Waals surface area contributed by atoms with E-state index in [0.29, 0.717) is 23.7 Å². The highest BCUT2D eigenvalue weighted by Crippen LogP contribution is 2.20. The second kappa shape index (κ2) is 6.92. The quantitative estimate of drug-likeness (QED) is 0.783. The van der Waals surface area contributed by atoms with E-state index in [4.69, 9.17) is 27.9 Å². The van der Waals surface area contributed by atoms with Gasteiger partial charge in [0.1, 0.15) is 5.15 Å². The number of hydrogen-bond acceptors (Lipinski definition) is 3. The van der Waals surface area contributed by atoms with Gasteiger partial charge in [0.15, 0.2) is 0 Å². The summed E-state index contributed by atoms with van der Waals surface area (Å²) in [6, 6.07) is 1.45. The monoisotopic (exact) mass is 290 g/mol. The number of rotatable bonds is 5. The van der Waals surface area contributed by atoms with Crippen molar-refractivity contribution >= 4 is 29.1 Å². The predicted octanol–water partition coefficient (Wildman–Crippen LogP) is 2.89. The molecule has 18 heavy (non-hydrogen) atoms. The van der Waals surface area contributed by atoms with E-state index in [0.717, 1.165) is 0 Å². The Morgan fingerprint density at radius 2 is 2.22 bits per heavy atom. The smallest absolute Gasteiger partial charge is 0.255 e. The van der Waals surface area contributed by atoms with Crippen LogP contribution in [0.2, 0.25) is 10.2 Å². The second-order valence-electron chi connectivity index (χ2n) is 3.88. The molecule has 1 aromatic rings. The molecule has 0 bridgehead atoms. The van der Waals surface area contributed by atoms with Crippen molar-refractivity contribution in [1.82, 2.24) is 9.88 Å². The maximum Gasteiger partial charge on any atom is 0.255 e. The van der Waals surface area contributed by atoms with Gasteiger partial charge in [-0.25, -0.2) is 4.98 Å². The fourth-order valence-electron chi connectivity index (χ4n) is 1.72. The lowest BCUT2D eigenvalue weighted by atomic mass is 10.2. The van der Waals surface area contributed by atoms with Gasteiger partial charge >= 0.3 is 0 Å². The Balaban J connectivity index is 2.99. The molecule has 0 radical (unpaired) electrons. The molecular formula is C12H16Cl2N2O2. The third kappa shape index (κ3) is 3.57. The average molecular weight is 291 g/mol. The molecule has 100 valence electrons. The highest BCUT2D eigenvalue weighted by molar-refractivity contribution is 6.35. The lowest BCUT2D eigenvalue weighted by Crippen LogP contribution is -2.41. The number of methoxy groups -OCH3 is 1. The molecule has 1 aromatic heterocycles. The van der Waals surface area contributed by atoms with Crippen molar-refractivity contribution in [2.24, 2.45) is 0 Å². The van der Waals surface area contributed by atoms with E-state index in [1.165, 1.54) is 12.3 Å². The minimum atomic E-state index is -0.170. The van der Waals surface area contributed by atoms with E-state index in [2.05, 4.69) is 4.98 Å². The number of hydrogen-bond donors (Lipinski definition) is 0. The molecule has 1 unspecified atom stereocenters. The lowest BCUT2D eigenvalue weighted by molar-refractivity contribution is 0.0579. The van der Waals surface area contributed by atoms with Gasteiger partial charge < -0.3 is 9.64 Å². The van der Waals surface area contributed by atoms with Gasteiger partial charge in [-0.15, -0.1) is 0 Å². The van der Waals surface area contributed by atoms with Gasteiger partial charge in [-0.1, -0.05) is 23.2 Å².